The maximum absolute atomic E-state index is 11.0. The molecule has 2 aliphatic heterocycles. The largest absolute Gasteiger partial charge is 0.486 e. The summed E-state index contributed by atoms with van der Waals surface area (Å²) >= 11 is 0. The Morgan fingerprint density at radius 3 is 2.42 bits per heavy atom. The van der Waals surface area contributed by atoms with Crippen molar-refractivity contribution >= 4 is 0 Å². The lowest BCUT2D eigenvalue weighted by molar-refractivity contribution is -0.0311. The van der Waals surface area contributed by atoms with Crippen molar-refractivity contribution in [2.45, 2.75) is 38.8 Å². The van der Waals surface area contributed by atoms with Gasteiger partial charge in [-0.15, -0.1) is 0 Å². The van der Waals surface area contributed by atoms with E-state index in [-0.39, 0.29) is 0 Å². The number of ether oxygens (including phenoxy) is 2. The van der Waals surface area contributed by atoms with E-state index in [0.29, 0.717) is 26.1 Å². The van der Waals surface area contributed by atoms with E-state index in [1.165, 1.54) is 11.1 Å². The average molecular weight is 354 g/mol. The summed E-state index contributed by atoms with van der Waals surface area (Å²) in [6, 6.07) is 8.15. The first kappa shape index (κ1) is 17.3. The van der Waals surface area contributed by atoms with E-state index in [1.54, 1.807) is 0 Å². The minimum Gasteiger partial charge on any atom is -0.486 e. The zero-order valence-corrected chi connectivity index (χ0v) is 15.5. The van der Waals surface area contributed by atoms with E-state index >= 15 is 0 Å². The van der Waals surface area contributed by atoms with Crippen LogP contribution in [-0.2, 0) is 12.1 Å². The predicted molar refractivity (Wildman–Crippen MR) is 99.6 cm³/mol. The highest BCUT2D eigenvalue weighted by Crippen LogP contribution is 2.35. The molecule has 0 unspecified atom stereocenters. The third kappa shape index (κ3) is 3.41. The van der Waals surface area contributed by atoms with Gasteiger partial charge in [-0.1, -0.05) is 6.07 Å². The average Bonchev–Trinajstić information content (AvgIpc) is 2.65. The molecule has 138 valence electrons. The number of hydrogen-bond acceptors (Lipinski definition) is 5. The third-order valence-corrected chi connectivity index (χ3v) is 5.47. The van der Waals surface area contributed by atoms with Gasteiger partial charge in [0.2, 0.25) is 0 Å². The van der Waals surface area contributed by atoms with Crippen LogP contribution >= 0.6 is 0 Å². The molecule has 0 aliphatic carbocycles. The number of piperidine rings is 1. The van der Waals surface area contributed by atoms with Gasteiger partial charge in [-0.05, 0) is 61.6 Å². The van der Waals surface area contributed by atoms with Crippen LogP contribution in [0.2, 0.25) is 0 Å². The smallest absolute Gasteiger partial charge is 0.161 e. The molecule has 5 heteroatoms. The molecule has 0 bridgehead atoms. The van der Waals surface area contributed by atoms with Crippen LogP contribution in [0.4, 0.5) is 0 Å². The summed E-state index contributed by atoms with van der Waals surface area (Å²) in [6.45, 7) is 7.91. The van der Waals surface area contributed by atoms with Gasteiger partial charge in [-0.3, -0.25) is 9.88 Å². The minimum absolute atomic E-state index is 0.607. The van der Waals surface area contributed by atoms with E-state index < -0.39 is 5.60 Å². The number of rotatable bonds is 3. The first-order valence-electron chi connectivity index (χ1n) is 9.30. The molecule has 1 N–H and O–H groups in total. The Labute approximate surface area is 154 Å². The van der Waals surface area contributed by atoms with Crippen LogP contribution in [0.3, 0.4) is 0 Å². The van der Waals surface area contributed by atoms with Crippen LogP contribution in [-0.4, -0.2) is 41.3 Å². The highest BCUT2D eigenvalue weighted by atomic mass is 16.6. The van der Waals surface area contributed by atoms with Crippen LogP contribution in [0.5, 0.6) is 11.5 Å². The Balaban J connectivity index is 1.43. The summed E-state index contributed by atoms with van der Waals surface area (Å²) in [4.78, 5) is 6.84. The fourth-order valence-corrected chi connectivity index (χ4v) is 3.72. The van der Waals surface area contributed by atoms with Gasteiger partial charge < -0.3 is 14.6 Å². The van der Waals surface area contributed by atoms with Crippen LogP contribution in [0, 0.1) is 13.8 Å². The number of aromatic nitrogens is 1. The van der Waals surface area contributed by atoms with Crippen molar-refractivity contribution in [3.05, 3.63) is 52.8 Å². The summed E-state index contributed by atoms with van der Waals surface area (Å²) < 4.78 is 11.4. The highest BCUT2D eigenvalue weighted by molar-refractivity contribution is 5.47. The Hall–Kier alpha value is -2.11. The molecule has 0 amide bonds. The molecule has 1 aromatic carbocycles. The monoisotopic (exact) mass is 354 g/mol. The van der Waals surface area contributed by atoms with Gasteiger partial charge in [0.15, 0.2) is 11.5 Å². The van der Waals surface area contributed by atoms with Crippen molar-refractivity contribution in [3.63, 3.8) is 0 Å². The number of pyridine rings is 1. The summed E-state index contributed by atoms with van der Waals surface area (Å²) in [6.07, 6.45) is 3.23. The lowest BCUT2D eigenvalue weighted by Crippen LogP contribution is -2.42. The predicted octanol–water partition coefficient (Wildman–Crippen LogP) is 2.95. The normalized spacial score (nSPS) is 19.3. The number of fused-ring (bicyclic) bond motifs is 1. The maximum Gasteiger partial charge on any atom is 0.161 e. The molecule has 1 fully saturated rings. The Kier molecular flexibility index (Phi) is 4.59. The summed E-state index contributed by atoms with van der Waals surface area (Å²) in [5, 5.41) is 11.0. The molecule has 0 saturated carbocycles. The van der Waals surface area contributed by atoms with Crippen molar-refractivity contribution in [2.24, 2.45) is 0 Å². The Morgan fingerprint density at radius 2 is 1.77 bits per heavy atom. The first-order chi connectivity index (χ1) is 12.5. The molecule has 1 aromatic heterocycles. The molecule has 0 spiro atoms. The van der Waals surface area contributed by atoms with Crippen molar-refractivity contribution in [1.82, 2.24) is 9.88 Å². The molecule has 0 radical (unpaired) electrons. The molecule has 1 saturated heterocycles. The fourth-order valence-electron chi connectivity index (χ4n) is 3.72. The second-order valence-electron chi connectivity index (χ2n) is 7.45. The van der Waals surface area contributed by atoms with Gasteiger partial charge in [0, 0.05) is 25.8 Å². The third-order valence-electron chi connectivity index (χ3n) is 5.47. The van der Waals surface area contributed by atoms with Gasteiger partial charge in [0.05, 0.1) is 5.69 Å². The summed E-state index contributed by atoms with van der Waals surface area (Å²) in [5.41, 5.74) is 3.57. The quantitative estimate of drug-likeness (QED) is 0.918. The number of likely N-dealkylation sites (tertiary alicyclic amines) is 1. The van der Waals surface area contributed by atoms with Gasteiger partial charge in [0.1, 0.15) is 18.8 Å². The lowest BCUT2D eigenvalue weighted by atomic mass is 9.87. The number of aryl methyl sites for hydroxylation is 2. The molecule has 4 rings (SSSR count). The van der Waals surface area contributed by atoms with E-state index in [9.17, 15) is 5.11 Å². The number of hydrogen-bond donors (Lipinski definition) is 1. The van der Waals surface area contributed by atoms with Gasteiger partial charge in [-0.25, -0.2) is 0 Å². The summed E-state index contributed by atoms with van der Waals surface area (Å²) in [5.74, 6) is 1.69. The molecular formula is C21H26N2O3. The second kappa shape index (κ2) is 6.89. The van der Waals surface area contributed by atoms with Crippen molar-refractivity contribution in [1.29, 1.82) is 0 Å². The minimum atomic E-state index is -0.813. The fraction of sp³-hybridized carbons (Fsp3) is 0.476. The second-order valence-corrected chi connectivity index (χ2v) is 7.45. The van der Waals surface area contributed by atoms with Gasteiger partial charge in [0.25, 0.3) is 0 Å². The highest BCUT2D eigenvalue weighted by Gasteiger charge is 2.35. The Bertz CT molecular complexity index is 781. The number of nitrogens with zero attached hydrogens (tertiary/aromatic N) is 2. The van der Waals surface area contributed by atoms with E-state index in [1.807, 2.05) is 25.3 Å². The topological polar surface area (TPSA) is 54.8 Å². The van der Waals surface area contributed by atoms with Gasteiger partial charge in [-0.2, -0.15) is 0 Å². The van der Waals surface area contributed by atoms with Crippen molar-refractivity contribution in [2.75, 3.05) is 26.3 Å². The standard InChI is InChI=1S/C21H26N2O3/c1-15-3-4-20(22-13-15)21(24)5-7-23(8-6-21)14-17-12-19-18(11-16(17)2)25-9-10-26-19/h3-4,11-13,24H,5-10,14H2,1-2H3. The molecular weight excluding hydrogens is 328 g/mol. The lowest BCUT2D eigenvalue weighted by Gasteiger charge is -2.38. The van der Waals surface area contributed by atoms with Crippen molar-refractivity contribution in [3.8, 4) is 11.5 Å². The van der Waals surface area contributed by atoms with E-state index in [2.05, 4.69) is 28.9 Å². The number of aliphatic hydroxyl groups is 1. The van der Waals surface area contributed by atoms with Crippen LogP contribution in [0.15, 0.2) is 30.5 Å². The summed E-state index contributed by atoms with van der Waals surface area (Å²) in [7, 11) is 0. The first-order valence-corrected chi connectivity index (χ1v) is 9.30. The molecule has 5 nitrogen and oxygen atoms in total. The van der Waals surface area contributed by atoms with Crippen LogP contribution in [0.25, 0.3) is 0 Å². The molecule has 2 aromatic rings. The SMILES string of the molecule is Cc1ccc(C2(O)CCN(Cc3cc4c(cc3C)OCCO4)CC2)nc1. The Morgan fingerprint density at radius 1 is 1.08 bits per heavy atom. The van der Waals surface area contributed by atoms with E-state index in [0.717, 1.165) is 42.4 Å². The molecule has 0 atom stereocenters. The van der Waals surface area contributed by atoms with E-state index in [4.69, 9.17) is 9.47 Å². The zero-order chi connectivity index (χ0) is 18.1. The van der Waals surface area contributed by atoms with Crippen LogP contribution in [0.1, 0.15) is 35.2 Å². The van der Waals surface area contributed by atoms with Gasteiger partial charge >= 0.3 is 0 Å². The van der Waals surface area contributed by atoms with Crippen LogP contribution < -0.4 is 9.47 Å². The maximum atomic E-state index is 11.0. The molecule has 3 heterocycles. The zero-order valence-electron chi connectivity index (χ0n) is 15.5. The van der Waals surface area contributed by atoms with Crippen molar-refractivity contribution < 1.29 is 14.6 Å². The number of benzene rings is 1. The molecule has 2 aliphatic rings. The molecule has 26 heavy (non-hydrogen) atoms.